The SMILES string of the molecule is C#CC1CCNCCO1. The van der Waals surface area contributed by atoms with Crippen molar-refractivity contribution in [2.24, 2.45) is 0 Å². The predicted octanol–water partition coefficient (Wildman–Crippen LogP) is -0.00190. The van der Waals surface area contributed by atoms with Gasteiger partial charge in [0.05, 0.1) is 6.61 Å². The molecule has 0 saturated carbocycles. The molecule has 1 atom stereocenters. The summed E-state index contributed by atoms with van der Waals surface area (Å²) in [6.07, 6.45) is 6.15. The molecule has 0 aromatic rings. The van der Waals surface area contributed by atoms with Gasteiger partial charge >= 0.3 is 0 Å². The predicted molar refractivity (Wildman–Crippen MR) is 36.1 cm³/mol. The van der Waals surface area contributed by atoms with E-state index in [1.165, 1.54) is 0 Å². The second-order valence-corrected chi connectivity index (χ2v) is 2.06. The van der Waals surface area contributed by atoms with Crippen LogP contribution < -0.4 is 5.32 Å². The van der Waals surface area contributed by atoms with E-state index in [-0.39, 0.29) is 6.10 Å². The maximum absolute atomic E-state index is 5.25. The number of hydrogen-bond donors (Lipinski definition) is 1. The van der Waals surface area contributed by atoms with E-state index in [1.807, 2.05) is 0 Å². The van der Waals surface area contributed by atoms with Gasteiger partial charge in [0.15, 0.2) is 0 Å². The first-order valence-electron chi connectivity index (χ1n) is 3.22. The van der Waals surface area contributed by atoms with Crippen molar-refractivity contribution in [3.8, 4) is 12.3 Å². The Hall–Kier alpha value is -0.520. The number of nitrogens with one attached hydrogen (secondary N) is 1. The third-order valence-corrected chi connectivity index (χ3v) is 1.37. The highest BCUT2D eigenvalue weighted by Crippen LogP contribution is 1.97. The van der Waals surface area contributed by atoms with Crippen LogP contribution in [0.1, 0.15) is 6.42 Å². The topological polar surface area (TPSA) is 21.3 Å². The molecule has 0 amide bonds. The zero-order valence-corrected chi connectivity index (χ0v) is 5.39. The summed E-state index contributed by atoms with van der Waals surface area (Å²) in [5, 5.41) is 3.19. The molecular weight excluding hydrogens is 114 g/mol. The molecule has 0 spiro atoms. The largest absolute Gasteiger partial charge is 0.364 e. The third kappa shape index (κ3) is 2.05. The molecular formula is C7H11NO. The van der Waals surface area contributed by atoms with E-state index in [2.05, 4.69) is 11.2 Å². The van der Waals surface area contributed by atoms with Gasteiger partial charge in [-0.1, -0.05) is 5.92 Å². The zero-order valence-electron chi connectivity index (χ0n) is 5.39. The Labute approximate surface area is 55.6 Å². The Morgan fingerprint density at radius 3 is 3.22 bits per heavy atom. The van der Waals surface area contributed by atoms with Crippen molar-refractivity contribution in [2.45, 2.75) is 12.5 Å². The summed E-state index contributed by atoms with van der Waals surface area (Å²) in [6.45, 7) is 2.65. The lowest BCUT2D eigenvalue weighted by Gasteiger charge is -2.04. The first kappa shape index (κ1) is 6.60. The van der Waals surface area contributed by atoms with Gasteiger partial charge in [-0.3, -0.25) is 0 Å². The molecule has 1 aliphatic heterocycles. The van der Waals surface area contributed by atoms with Crippen molar-refractivity contribution < 1.29 is 4.74 Å². The van der Waals surface area contributed by atoms with Gasteiger partial charge < -0.3 is 10.1 Å². The monoisotopic (exact) mass is 125 g/mol. The molecule has 1 saturated heterocycles. The van der Waals surface area contributed by atoms with E-state index in [0.717, 1.165) is 26.1 Å². The van der Waals surface area contributed by atoms with E-state index >= 15 is 0 Å². The fourth-order valence-corrected chi connectivity index (χ4v) is 0.846. The second-order valence-electron chi connectivity index (χ2n) is 2.06. The molecule has 0 aromatic heterocycles. The average molecular weight is 125 g/mol. The quantitative estimate of drug-likeness (QED) is 0.460. The van der Waals surface area contributed by atoms with Crippen LogP contribution in [0.25, 0.3) is 0 Å². The standard InChI is InChI=1S/C7H11NO/c1-2-7-3-4-8-5-6-9-7/h1,7-8H,3-6H2. The van der Waals surface area contributed by atoms with Crippen LogP contribution in [0.3, 0.4) is 0 Å². The summed E-state index contributed by atoms with van der Waals surface area (Å²) in [5.74, 6) is 2.58. The summed E-state index contributed by atoms with van der Waals surface area (Å²) in [6, 6.07) is 0. The van der Waals surface area contributed by atoms with Crippen molar-refractivity contribution >= 4 is 0 Å². The first-order chi connectivity index (χ1) is 4.43. The highest BCUT2D eigenvalue weighted by atomic mass is 16.5. The fraction of sp³-hybridized carbons (Fsp3) is 0.714. The van der Waals surface area contributed by atoms with Gasteiger partial charge in [0, 0.05) is 6.54 Å². The molecule has 9 heavy (non-hydrogen) atoms. The van der Waals surface area contributed by atoms with E-state index < -0.39 is 0 Å². The van der Waals surface area contributed by atoms with Crippen LogP contribution in [0.15, 0.2) is 0 Å². The highest BCUT2D eigenvalue weighted by molar-refractivity contribution is 4.95. The van der Waals surface area contributed by atoms with E-state index in [9.17, 15) is 0 Å². The Balaban J connectivity index is 2.29. The fourth-order valence-electron chi connectivity index (χ4n) is 0.846. The van der Waals surface area contributed by atoms with Crippen LogP contribution in [-0.2, 0) is 4.74 Å². The second kappa shape index (κ2) is 3.49. The minimum Gasteiger partial charge on any atom is -0.364 e. The lowest BCUT2D eigenvalue weighted by atomic mass is 10.3. The summed E-state index contributed by atoms with van der Waals surface area (Å²) in [4.78, 5) is 0. The van der Waals surface area contributed by atoms with Gasteiger partial charge in [-0.15, -0.1) is 6.42 Å². The van der Waals surface area contributed by atoms with Gasteiger partial charge in [-0.25, -0.2) is 0 Å². The molecule has 1 aliphatic rings. The van der Waals surface area contributed by atoms with Crippen LogP contribution in [0.5, 0.6) is 0 Å². The van der Waals surface area contributed by atoms with Crippen LogP contribution in [0, 0.1) is 12.3 Å². The van der Waals surface area contributed by atoms with Crippen molar-refractivity contribution in [2.75, 3.05) is 19.7 Å². The van der Waals surface area contributed by atoms with E-state index in [0.29, 0.717) is 0 Å². The van der Waals surface area contributed by atoms with Crippen LogP contribution >= 0.6 is 0 Å². The molecule has 1 rings (SSSR count). The van der Waals surface area contributed by atoms with Gasteiger partial charge in [0.25, 0.3) is 0 Å². The minimum atomic E-state index is 0.0417. The van der Waals surface area contributed by atoms with Gasteiger partial charge in [0.1, 0.15) is 6.10 Å². The lowest BCUT2D eigenvalue weighted by Crippen LogP contribution is -2.16. The molecule has 1 N–H and O–H groups in total. The Morgan fingerprint density at radius 1 is 1.56 bits per heavy atom. The zero-order chi connectivity index (χ0) is 6.53. The molecule has 0 radical (unpaired) electrons. The molecule has 2 nitrogen and oxygen atoms in total. The maximum atomic E-state index is 5.25. The Morgan fingerprint density at radius 2 is 2.44 bits per heavy atom. The summed E-state index contributed by atoms with van der Waals surface area (Å²) in [5.41, 5.74) is 0. The average Bonchev–Trinajstić information content (AvgIpc) is 2.13. The first-order valence-corrected chi connectivity index (χ1v) is 3.22. The number of ether oxygens (including phenoxy) is 1. The van der Waals surface area contributed by atoms with Crippen molar-refractivity contribution in [1.29, 1.82) is 0 Å². The normalized spacial score (nSPS) is 28.6. The van der Waals surface area contributed by atoms with Crippen LogP contribution in [0.2, 0.25) is 0 Å². The lowest BCUT2D eigenvalue weighted by molar-refractivity contribution is 0.105. The molecule has 50 valence electrons. The van der Waals surface area contributed by atoms with Crippen LogP contribution in [0.4, 0.5) is 0 Å². The Kier molecular flexibility index (Phi) is 2.56. The van der Waals surface area contributed by atoms with Gasteiger partial charge in [-0.05, 0) is 13.0 Å². The molecule has 0 bridgehead atoms. The number of rotatable bonds is 0. The molecule has 0 aromatic carbocycles. The third-order valence-electron chi connectivity index (χ3n) is 1.37. The van der Waals surface area contributed by atoms with Gasteiger partial charge in [0.2, 0.25) is 0 Å². The summed E-state index contributed by atoms with van der Waals surface area (Å²) < 4.78 is 5.25. The highest BCUT2D eigenvalue weighted by Gasteiger charge is 2.06. The molecule has 0 aliphatic carbocycles. The minimum absolute atomic E-state index is 0.0417. The van der Waals surface area contributed by atoms with Crippen LogP contribution in [-0.4, -0.2) is 25.8 Å². The summed E-state index contributed by atoms with van der Waals surface area (Å²) >= 11 is 0. The molecule has 2 heteroatoms. The van der Waals surface area contributed by atoms with Crippen molar-refractivity contribution in [3.63, 3.8) is 0 Å². The number of terminal acetylenes is 1. The Bertz CT molecular complexity index is 109. The maximum Gasteiger partial charge on any atom is 0.119 e. The molecule has 1 unspecified atom stereocenters. The smallest absolute Gasteiger partial charge is 0.119 e. The van der Waals surface area contributed by atoms with Crippen molar-refractivity contribution in [1.82, 2.24) is 5.32 Å². The summed E-state index contributed by atoms with van der Waals surface area (Å²) in [7, 11) is 0. The number of hydrogen-bond acceptors (Lipinski definition) is 2. The van der Waals surface area contributed by atoms with Gasteiger partial charge in [-0.2, -0.15) is 0 Å². The van der Waals surface area contributed by atoms with E-state index in [1.54, 1.807) is 0 Å². The van der Waals surface area contributed by atoms with Crippen molar-refractivity contribution in [3.05, 3.63) is 0 Å². The van der Waals surface area contributed by atoms with E-state index in [4.69, 9.17) is 11.2 Å². The molecule has 1 heterocycles. The molecule has 1 fully saturated rings.